The maximum absolute atomic E-state index is 5.98. The van der Waals surface area contributed by atoms with E-state index in [1.54, 1.807) is 0 Å². The summed E-state index contributed by atoms with van der Waals surface area (Å²) in [4.78, 5) is 0. The average molecular weight is 284 g/mol. The van der Waals surface area contributed by atoms with E-state index >= 15 is 0 Å². The highest BCUT2D eigenvalue weighted by Gasteiger charge is 2.08. The van der Waals surface area contributed by atoms with Crippen molar-refractivity contribution in [1.29, 1.82) is 0 Å². The van der Waals surface area contributed by atoms with Crippen LogP contribution in [0.25, 0.3) is 0 Å². The Labute approximate surface area is 122 Å². The zero-order valence-electron chi connectivity index (χ0n) is 12.1. The molecule has 3 heteroatoms. The van der Waals surface area contributed by atoms with Gasteiger partial charge >= 0.3 is 0 Å². The monoisotopic (exact) mass is 283 g/mol. The van der Waals surface area contributed by atoms with Gasteiger partial charge in [-0.1, -0.05) is 50.6 Å². The number of benzene rings is 1. The van der Waals surface area contributed by atoms with E-state index in [9.17, 15) is 0 Å². The molecule has 0 fully saturated rings. The van der Waals surface area contributed by atoms with E-state index in [1.165, 1.54) is 32.1 Å². The minimum atomic E-state index is -0.0572. The molecule has 1 atom stereocenters. The molecule has 0 radical (unpaired) electrons. The first-order valence-corrected chi connectivity index (χ1v) is 7.70. The van der Waals surface area contributed by atoms with E-state index < -0.39 is 0 Å². The maximum atomic E-state index is 5.98. The normalized spacial score (nSPS) is 12.4. The van der Waals surface area contributed by atoms with Crippen LogP contribution in [-0.2, 0) is 0 Å². The van der Waals surface area contributed by atoms with Crippen LogP contribution in [-0.4, -0.2) is 6.61 Å². The summed E-state index contributed by atoms with van der Waals surface area (Å²) in [6.07, 6.45) is 7.61. The van der Waals surface area contributed by atoms with Gasteiger partial charge in [0.15, 0.2) is 0 Å². The SMILES string of the molecule is CCCCCCCCOc1ccc(Cl)cc1C(C)N. The van der Waals surface area contributed by atoms with Crippen molar-refractivity contribution in [1.82, 2.24) is 0 Å². The fourth-order valence-electron chi connectivity index (χ4n) is 2.07. The van der Waals surface area contributed by atoms with Gasteiger partial charge in [0.1, 0.15) is 5.75 Å². The van der Waals surface area contributed by atoms with Gasteiger partial charge in [-0.05, 0) is 31.5 Å². The Balaban J connectivity index is 2.33. The molecule has 0 aliphatic carbocycles. The lowest BCUT2D eigenvalue weighted by atomic mass is 10.1. The first-order chi connectivity index (χ1) is 9.15. The van der Waals surface area contributed by atoms with Gasteiger partial charge < -0.3 is 10.5 Å². The Morgan fingerprint density at radius 1 is 1.16 bits per heavy atom. The fraction of sp³-hybridized carbons (Fsp3) is 0.625. The minimum Gasteiger partial charge on any atom is -0.493 e. The smallest absolute Gasteiger partial charge is 0.124 e. The molecular weight excluding hydrogens is 258 g/mol. The van der Waals surface area contributed by atoms with Crippen LogP contribution in [0, 0.1) is 0 Å². The lowest BCUT2D eigenvalue weighted by Crippen LogP contribution is -2.08. The molecule has 0 spiro atoms. The third-order valence-corrected chi connectivity index (χ3v) is 3.45. The largest absolute Gasteiger partial charge is 0.493 e. The van der Waals surface area contributed by atoms with Crippen LogP contribution in [0.1, 0.15) is 64.0 Å². The number of halogens is 1. The van der Waals surface area contributed by atoms with Gasteiger partial charge in [0.05, 0.1) is 6.61 Å². The van der Waals surface area contributed by atoms with Gasteiger partial charge in [-0.15, -0.1) is 0 Å². The Morgan fingerprint density at radius 2 is 1.84 bits per heavy atom. The van der Waals surface area contributed by atoms with Crippen molar-refractivity contribution in [2.45, 2.75) is 58.4 Å². The van der Waals surface area contributed by atoms with E-state index in [0.717, 1.165) is 24.3 Å². The quantitative estimate of drug-likeness (QED) is 0.640. The summed E-state index contributed by atoms with van der Waals surface area (Å²) in [6.45, 7) is 4.94. The molecule has 0 aromatic heterocycles. The molecule has 1 aromatic rings. The van der Waals surface area contributed by atoms with Gasteiger partial charge in [-0.25, -0.2) is 0 Å². The van der Waals surface area contributed by atoms with Crippen molar-refractivity contribution in [3.8, 4) is 5.75 Å². The first-order valence-electron chi connectivity index (χ1n) is 7.33. The topological polar surface area (TPSA) is 35.2 Å². The lowest BCUT2D eigenvalue weighted by molar-refractivity contribution is 0.300. The number of hydrogen-bond acceptors (Lipinski definition) is 2. The standard InChI is InChI=1S/C16H26ClNO/c1-3-4-5-6-7-8-11-19-16-10-9-14(17)12-15(16)13(2)18/h9-10,12-13H,3-8,11,18H2,1-2H3. The van der Waals surface area contributed by atoms with E-state index in [1.807, 2.05) is 25.1 Å². The Bertz CT molecular complexity index is 366. The van der Waals surface area contributed by atoms with Crippen LogP contribution in [0.2, 0.25) is 5.02 Å². The number of nitrogens with two attached hydrogens (primary N) is 1. The number of unbranched alkanes of at least 4 members (excludes halogenated alkanes) is 5. The fourth-order valence-corrected chi connectivity index (χ4v) is 2.25. The van der Waals surface area contributed by atoms with E-state index in [0.29, 0.717) is 5.02 Å². The van der Waals surface area contributed by atoms with Gasteiger partial charge in [0.25, 0.3) is 0 Å². The van der Waals surface area contributed by atoms with Crippen molar-refractivity contribution in [2.24, 2.45) is 5.73 Å². The molecule has 0 aliphatic heterocycles. The third kappa shape index (κ3) is 6.31. The van der Waals surface area contributed by atoms with Crippen molar-refractivity contribution in [3.05, 3.63) is 28.8 Å². The Morgan fingerprint density at radius 3 is 2.53 bits per heavy atom. The van der Waals surface area contributed by atoms with Gasteiger partial charge in [-0.2, -0.15) is 0 Å². The molecule has 0 saturated heterocycles. The molecule has 1 aromatic carbocycles. The van der Waals surface area contributed by atoms with Gasteiger partial charge in [-0.3, -0.25) is 0 Å². The number of hydrogen-bond donors (Lipinski definition) is 1. The summed E-state index contributed by atoms with van der Waals surface area (Å²) in [5.41, 5.74) is 6.91. The second-order valence-corrected chi connectivity index (χ2v) is 5.52. The van der Waals surface area contributed by atoms with Crippen molar-refractivity contribution >= 4 is 11.6 Å². The summed E-state index contributed by atoms with van der Waals surface area (Å²) in [5.74, 6) is 0.868. The molecular formula is C16H26ClNO. The predicted molar refractivity (Wildman–Crippen MR) is 82.9 cm³/mol. The molecule has 1 rings (SSSR count). The Kier molecular flexibility index (Phi) is 7.92. The lowest BCUT2D eigenvalue weighted by Gasteiger charge is -2.14. The zero-order chi connectivity index (χ0) is 14.1. The molecule has 0 amide bonds. The summed E-state index contributed by atoms with van der Waals surface area (Å²) in [6, 6.07) is 5.60. The van der Waals surface area contributed by atoms with Crippen molar-refractivity contribution in [2.75, 3.05) is 6.61 Å². The average Bonchev–Trinajstić information content (AvgIpc) is 2.39. The molecule has 0 bridgehead atoms. The molecule has 0 saturated carbocycles. The van der Waals surface area contributed by atoms with Crippen LogP contribution in [0.5, 0.6) is 5.75 Å². The molecule has 2 N–H and O–H groups in total. The summed E-state index contributed by atoms with van der Waals surface area (Å²) >= 11 is 5.98. The van der Waals surface area contributed by atoms with E-state index in [-0.39, 0.29) is 6.04 Å². The van der Waals surface area contributed by atoms with Crippen LogP contribution in [0.3, 0.4) is 0 Å². The second kappa shape index (κ2) is 9.22. The summed E-state index contributed by atoms with van der Waals surface area (Å²) in [5, 5.41) is 0.708. The first kappa shape index (κ1) is 16.3. The van der Waals surface area contributed by atoms with Crippen LogP contribution >= 0.6 is 11.6 Å². The van der Waals surface area contributed by atoms with E-state index in [4.69, 9.17) is 22.1 Å². The Hall–Kier alpha value is -0.730. The van der Waals surface area contributed by atoms with Gasteiger partial charge in [0.2, 0.25) is 0 Å². The second-order valence-electron chi connectivity index (χ2n) is 5.09. The van der Waals surface area contributed by atoms with Crippen molar-refractivity contribution < 1.29 is 4.74 Å². The third-order valence-electron chi connectivity index (χ3n) is 3.22. The highest BCUT2D eigenvalue weighted by molar-refractivity contribution is 6.30. The van der Waals surface area contributed by atoms with Crippen LogP contribution in [0.15, 0.2) is 18.2 Å². The molecule has 108 valence electrons. The highest BCUT2D eigenvalue weighted by atomic mass is 35.5. The summed E-state index contributed by atoms with van der Waals surface area (Å²) in [7, 11) is 0. The molecule has 0 aliphatic rings. The highest BCUT2D eigenvalue weighted by Crippen LogP contribution is 2.27. The van der Waals surface area contributed by atoms with Crippen LogP contribution in [0.4, 0.5) is 0 Å². The number of ether oxygens (including phenoxy) is 1. The molecule has 1 unspecified atom stereocenters. The molecule has 2 nitrogen and oxygen atoms in total. The summed E-state index contributed by atoms with van der Waals surface area (Å²) < 4.78 is 5.82. The maximum Gasteiger partial charge on any atom is 0.124 e. The van der Waals surface area contributed by atoms with Crippen LogP contribution < -0.4 is 10.5 Å². The number of rotatable bonds is 9. The zero-order valence-corrected chi connectivity index (χ0v) is 12.9. The minimum absolute atomic E-state index is 0.0572. The van der Waals surface area contributed by atoms with Gasteiger partial charge in [0, 0.05) is 16.6 Å². The molecule has 19 heavy (non-hydrogen) atoms. The van der Waals surface area contributed by atoms with Crippen molar-refractivity contribution in [3.63, 3.8) is 0 Å². The van der Waals surface area contributed by atoms with E-state index in [2.05, 4.69) is 6.92 Å². The predicted octanol–water partition coefficient (Wildman–Crippen LogP) is 5.10. The molecule has 0 heterocycles.